The molecule has 5 heteroatoms. The van der Waals surface area contributed by atoms with Crippen molar-refractivity contribution < 1.29 is 14.4 Å². The number of fused-ring (bicyclic) bond motifs is 1. The highest BCUT2D eigenvalue weighted by Gasteiger charge is 2.35. The van der Waals surface area contributed by atoms with Gasteiger partial charge in [-0.3, -0.25) is 24.2 Å². The molecule has 0 fully saturated rings. The maximum absolute atomic E-state index is 12.9. The Balaban J connectivity index is 1.29. The minimum Gasteiger partial charge on any atom is -0.299 e. The molecule has 0 unspecified atom stereocenters. The van der Waals surface area contributed by atoms with Crippen LogP contribution >= 0.6 is 0 Å². The molecule has 4 rings (SSSR count). The third kappa shape index (κ3) is 5.32. The van der Waals surface area contributed by atoms with Crippen LogP contribution in [0.2, 0.25) is 0 Å². The van der Waals surface area contributed by atoms with Gasteiger partial charge in [0.25, 0.3) is 11.8 Å². The molecule has 3 aromatic rings. The fourth-order valence-corrected chi connectivity index (χ4v) is 4.36. The van der Waals surface area contributed by atoms with Crippen LogP contribution in [0.3, 0.4) is 0 Å². The van der Waals surface area contributed by atoms with Gasteiger partial charge in [0.1, 0.15) is 0 Å². The first-order valence-electron chi connectivity index (χ1n) is 11.9. The normalized spacial score (nSPS) is 12.9. The summed E-state index contributed by atoms with van der Waals surface area (Å²) in [6, 6.07) is 24.2. The molecule has 1 aliphatic rings. The van der Waals surface area contributed by atoms with E-state index in [9.17, 15) is 14.4 Å². The molecule has 0 bridgehead atoms. The van der Waals surface area contributed by atoms with E-state index in [1.807, 2.05) is 12.1 Å². The molecular formula is C29H30N2O3. The number of nitrogens with zero attached hydrogens (tertiary/aromatic N) is 2. The summed E-state index contributed by atoms with van der Waals surface area (Å²) in [6.45, 7) is 5.47. The van der Waals surface area contributed by atoms with E-state index in [4.69, 9.17) is 0 Å². The lowest BCUT2D eigenvalue weighted by atomic mass is 9.99. The quantitative estimate of drug-likeness (QED) is 0.227. The standard InChI is InChI=1S/C29H30N2O3/c1-2-30(21-22-12-6-3-7-13-22)18-10-5-11-19-31-28(33)25-17-16-24(20-26(25)29(31)34)27(32)23-14-8-4-9-15-23/h3-4,6-9,12-17,20H,2,5,10-11,18-19,21H2,1H3. The van der Waals surface area contributed by atoms with Crippen LogP contribution in [0, 0.1) is 0 Å². The average molecular weight is 455 g/mol. The van der Waals surface area contributed by atoms with Crippen molar-refractivity contribution in [1.29, 1.82) is 0 Å². The zero-order valence-electron chi connectivity index (χ0n) is 19.6. The monoisotopic (exact) mass is 454 g/mol. The number of carbonyl (C=O) groups excluding carboxylic acids is 3. The summed E-state index contributed by atoms with van der Waals surface area (Å²) in [7, 11) is 0. The Hall–Kier alpha value is -3.57. The first kappa shape index (κ1) is 23.6. The maximum Gasteiger partial charge on any atom is 0.261 e. The molecule has 1 aliphatic heterocycles. The van der Waals surface area contributed by atoms with Gasteiger partial charge in [-0.1, -0.05) is 80.1 Å². The van der Waals surface area contributed by atoms with Crippen LogP contribution < -0.4 is 0 Å². The molecule has 0 radical (unpaired) electrons. The molecule has 3 aromatic carbocycles. The summed E-state index contributed by atoms with van der Waals surface area (Å²) in [5, 5.41) is 0. The first-order valence-corrected chi connectivity index (χ1v) is 11.9. The molecule has 0 N–H and O–H groups in total. The average Bonchev–Trinajstić information content (AvgIpc) is 3.12. The Morgan fingerprint density at radius 2 is 1.44 bits per heavy atom. The summed E-state index contributed by atoms with van der Waals surface area (Å²) < 4.78 is 0. The highest BCUT2D eigenvalue weighted by atomic mass is 16.2. The van der Waals surface area contributed by atoms with E-state index in [0.29, 0.717) is 28.8 Å². The molecule has 5 nitrogen and oxygen atoms in total. The molecule has 2 amide bonds. The summed E-state index contributed by atoms with van der Waals surface area (Å²) in [4.78, 5) is 42.2. The first-order chi connectivity index (χ1) is 16.6. The van der Waals surface area contributed by atoms with Crippen molar-refractivity contribution in [2.45, 2.75) is 32.7 Å². The van der Waals surface area contributed by atoms with Crippen LogP contribution in [0.15, 0.2) is 78.9 Å². The summed E-state index contributed by atoms with van der Waals surface area (Å²) >= 11 is 0. The minimum atomic E-state index is -0.304. The summed E-state index contributed by atoms with van der Waals surface area (Å²) in [5.74, 6) is -0.724. The summed E-state index contributed by atoms with van der Waals surface area (Å²) in [5.41, 5.74) is 3.00. The summed E-state index contributed by atoms with van der Waals surface area (Å²) in [6.07, 6.45) is 2.72. The van der Waals surface area contributed by atoms with Gasteiger partial charge in [-0.15, -0.1) is 0 Å². The van der Waals surface area contributed by atoms with Gasteiger partial charge in [0.05, 0.1) is 11.1 Å². The SMILES string of the molecule is CCN(CCCCCN1C(=O)c2ccc(C(=O)c3ccccc3)cc2C1=O)Cc1ccccc1. The zero-order valence-corrected chi connectivity index (χ0v) is 19.6. The topological polar surface area (TPSA) is 57.7 Å². The lowest BCUT2D eigenvalue weighted by Crippen LogP contribution is -2.31. The second-order valence-corrected chi connectivity index (χ2v) is 8.63. The molecule has 0 saturated heterocycles. The van der Waals surface area contributed by atoms with Gasteiger partial charge >= 0.3 is 0 Å². The highest BCUT2D eigenvalue weighted by molar-refractivity contribution is 6.22. The number of rotatable bonds is 11. The highest BCUT2D eigenvalue weighted by Crippen LogP contribution is 2.25. The number of carbonyl (C=O) groups is 3. The van der Waals surface area contributed by atoms with Gasteiger partial charge in [0.2, 0.25) is 0 Å². The number of ketones is 1. The van der Waals surface area contributed by atoms with E-state index in [2.05, 4.69) is 36.1 Å². The molecule has 0 aliphatic carbocycles. The second kappa shape index (κ2) is 11.0. The van der Waals surface area contributed by atoms with Crippen molar-refractivity contribution >= 4 is 17.6 Å². The van der Waals surface area contributed by atoms with Crippen molar-refractivity contribution in [1.82, 2.24) is 9.80 Å². The van der Waals surface area contributed by atoms with E-state index in [0.717, 1.165) is 38.9 Å². The number of unbranched alkanes of at least 4 members (excludes halogenated alkanes) is 2. The predicted molar refractivity (Wildman–Crippen MR) is 133 cm³/mol. The number of benzene rings is 3. The molecule has 0 aromatic heterocycles. The van der Waals surface area contributed by atoms with Gasteiger partial charge in [-0.25, -0.2) is 0 Å². The zero-order chi connectivity index (χ0) is 23.9. The van der Waals surface area contributed by atoms with Gasteiger partial charge in [-0.05, 0) is 43.6 Å². The molecule has 34 heavy (non-hydrogen) atoms. The van der Waals surface area contributed by atoms with Crippen molar-refractivity contribution in [2.24, 2.45) is 0 Å². The number of hydrogen-bond donors (Lipinski definition) is 0. The Morgan fingerprint density at radius 3 is 2.15 bits per heavy atom. The van der Waals surface area contributed by atoms with E-state index < -0.39 is 0 Å². The van der Waals surface area contributed by atoms with Crippen molar-refractivity contribution in [3.8, 4) is 0 Å². The fraction of sp³-hybridized carbons (Fsp3) is 0.276. The van der Waals surface area contributed by atoms with Gasteiger partial charge in [-0.2, -0.15) is 0 Å². The van der Waals surface area contributed by atoms with Crippen molar-refractivity contribution in [2.75, 3.05) is 19.6 Å². The Bertz CT molecular complexity index is 1160. The number of hydrogen-bond acceptors (Lipinski definition) is 4. The van der Waals surface area contributed by atoms with Crippen LogP contribution in [0.5, 0.6) is 0 Å². The molecule has 1 heterocycles. The van der Waals surface area contributed by atoms with Crippen LogP contribution in [-0.4, -0.2) is 47.0 Å². The third-order valence-electron chi connectivity index (χ3n) is 6.32. The van der Waals surface area contributed by atoms with Crippen molar-refractivity contribution in [3.05, 3.63) is 107 Å². The Morgan fingerprint density at radius 1 is 0.765 bits per heavy atom. The number of amides is 2. The molecule has 0 atom stereocenters. The molecule has 174 valence electrons. The molecular weight excluding hydrogens is 424 g/mol. The van der Waals surface area contributed by atoms with Crippen LogP contribution in [0.4, 0.5) is 0 Å². The van der Waals surface area contributed by atoms with E-state index >= 15 is 0 Å². The number of imide groups is 1. The fourth-order valence-electron chi connectivity index (χ4n) is 4.36. The molecule has 0 spiro atoms. The lowest BCUT2D eigenvalue weighted by molar-refractivity contribution is 0.0651. The van der Waals surface area contributed by atoms with E-state index in [-0.39, 0.29) is 17.6 Å². The molecule has 0 saturated carbocycles. The minimum absolute atomic E-state index is 0.155. The Kier molecular flexibility index (Phi) is 7.65. The lowest BCUT2D eigenvalue weighted by Gasteiger charge is -2.20. The van der Waals surface area contributed by atoms with E-state index in [1.165, 1.54) is 10.5 Å². The van der Waals surface area contributed by atoms with Gasteiger partial charge in [0, 0.05) is 24.2 Å². The van der Waals surface area contributed by atoms with Gasteiger partial charge in [0.15, 0.2) is 5.78 Å². The maximum atomic E-state index is 12.9. The predicted octanol–water partition coefficient (Wildman–Crippen LogP) is 5.21. The van der Waals surface area contributed by atoms with Crippen LogP contribution in [0.1, 0.15) is 68.4 Å². The van der Waals surface area contributed by atoms with Crippen molar-refractivity contribution in [3.63, 3.8) is 0 Å². The van der Waals surface area contributed by atoms with E-state index in [1.54, 1.807) is 42.5 Å². The third-order valence-corrected chi connectivity index (χ3v) is 6.32. The largest absolute Gasteiger partial charge is 0.299 e. The Labute approximate surface area is 201 Å². The van der Waals surface area contributed by atoms with Crippen LogP contribution in [0.25, 0.3) is 0 Å². The van der Waals surface area contributed by atoms with Crippen LogP contribution in [-0.2, 0) is 6.54 Å². The second-order valence-electron chi connectivity index (χ2n) is 8.63. The smallest absolute Gasteiger partial charge is 0.261 e. The van der Waals surface area contributed by atoms with Gasteiger partial charge < -0.3 is 0 Å².